The highest BCUT2D eigenvalue weighted by Gasteiger charge is 2.27. The molecular formula is C12H13F4NO. The molecule has 0 spiro atoms. The molecule has 0 saturated heterocycles. The summed E-state index contributed by atoms with van der Waals surface area (Å²) in [5.41, 5.74) is -0.849. The summed E-state index contributed by atoms with van der Waals surface area (Å²) in [6.07, 6.45) is 1.83. The molecule has 0 radical (unpaired) electrons. The second-order valence-electron chi connectivity index (χ2n) is 4.45. The van der Waals surface area contributed by atoms with Crippen molar-refractivity contribution in [2.24, 2.45) is 0 Å². The second-order valence-corrected chi connectivity index (χ2v) is 4.45. The molecule has 0 amide bonds. The van der Waals surface area contributed by atoms with Gasteiger partial charge in [0.05, 0.1) is 12.1 Å². The zero-order chi connectivity index (χ0) is 13.3. The smallest absolute Gasteiger partial charge is 0.185 e. The first-order valence-corrected chi connectivity index (χ1v) is 5.78. The average Bonchev–Trinajstić information content (AvgIpc) is 2.34. The van der Waals surface area contributed by atoms with Gasteiger partial charge in [-0.3, -0.25) is 0 Å². The third kappa shape index (κ3) is 2.43. The Bertz CT molecular complexity index is 426. The van der Waals surface area contributed by atoms with Crippen molar-refractivity contribution in [2.45, 2.75) is 37.8 Å². The molecule has 2 nitrogen and oxygen atoms in total. The van der Waals surface area contributed by atoms with Gasteiger partial charge in [-0.2, -0.15) is 0 Å². The first-order chi connectivity index (χ1) is 8.50. The van der Waals surface area contributed by atoms with Crippen LogP contribution in [0.3, 0.4) is 0 Å². The molecule has 0 unspecified atom stereocenters. The Labute approximate surface area is 102 Å². The number of hydrogen-bond donors (Lipinski definition) is 2. The van der Waals surface area contributed by atoms with Gasteiger partial charge in [0, 0.05) is 6.07 Å². The summed E-state index contributed by atoms with van der Waals surface area (Å²) in [6, 6.07) is -0.434. The average molecular weight is 263 g/mol. The van der Waals surface area contributed by atoms with Crippen molar-refractivity contribution in [3.8, 4) is 0 Å². The van der Waals surface area contributed by atoms with Crippen molar-refractivity contribution in [2.75, 3.05) is 5.32 Å². The van der Waals surface area contributed by atoms with Crippen LogP contribution in [0.4, 0.5) is 23.2 Å². The van der Waals surface area contributed by atoms with E-state index in [4.69, 9.17) is 0 Å². The van der Waals surface area contributed by atoms with E-state index in [-0.39, 0.29) is 6.07 Å². The lowest BCUT2D eigenvalue weighted by Gasteiger charge is -2.29. The van der Waals surface area contributed by atoms with E-state index in [1.165, 1.54) is 0 Å². The highest BCUT2D eigenvalue weighted by molar-refractivity contribution is 5.48. The maximum atomic E-state index is 13.4. The maximum absolute atomic E-state index is 13.4. The zero-order valence-electron chi connectivity index (χ0n) is 9.52. The van der Waals surface area contributed by atoms with Crippen LogP contribution in [0.15, 0.2) is 6.07 Å². The molecule has 1 aromatic carbocycles. The summed E-state index contributed by atoms with van der Waals surface area (Å²) in [5.74, 6) is -5.85. The molecule has 1 aliphatic carbocycles. The summed E-state index contributed by atoms with van der Waals surface area (Å²) in [5, 5.41) is 12.0. The lowest BCUT2D eigenvalue weighted by molar-refractivity contribution is 0.116. The standard InChI is InChI=1S/C12H13F4NO/c13-6-5-7(14)11(16)12(10(6)15)17-8-3-1-2-4-9(8)18/h5,8-9,17-18H,1-4H2/t8-,9-/m1/s1. The minimum Gasteiger partial charge on any atom is -0.391 e. The summed E-state index contributed by atoms with van der Waals surface area (Å²) in [6.45, 7) is 0. The van der Waals surface area contributed by atoms with Crippen LogP contribution in [-0.2, 0) is 0 Å². The molecule has 1 fully saturated rings. The van der Waals surface area contributed by atoms with Gasteiger partial charge in [0.25, 0.3) is 0 Å². The lowest BCUT2D eigenvalue weighted by Crippen LogP contribution is -2.37. The predicted octanol–water partition coefficient (Wildman–Crippen LogP) is 2.96. The molecule has 0 bridgehead atoms. The summed E-state index contributed by atoms with van der Waals surface area (Å²) in [4.78, 5) is 0. The van der Waals surface area contributed by atoms with Crippen molar-refractivity contribution >= 4 is 5.69 Å². The fourth-order valence-corrected chi connectivity index (χ4v) is 2.16. The number of hydrogen-bond acceptors (Lipinski definition) is 2. The van der Waals surface area contributed by atoms with Crippen molar-refractivity contribution < 1.29 is 22.7 Å². The highest BCUT2D eigenvalue weighted by atomic mass is 19.2. The largest absolute Gasteiger partial charge is 0.391 e. The Kier molecular flexibility index (Phi) is 3.75. The summed E-state index contributed by atoms with van der Waals surface area (Å²) in [7, 11) is 0. The lowest BCUT2D eigenvalue weighted by atomic mass is 9.92. The number of aliphatic hydroxyl groups excluding tert-OH is 1. The van der Waals surface area contributed by atoms with E-state index in [1.807, 2.05) is 0 Å². The zero-order valence-corrected chi connectivity index (χ0v) is 9.52. The number of aliphatic hydroxyl groups is 1. The Morgan fingerprint density at radius 2 is 1.56 bits per heavy atom. The first-order valence-electron chi connectivity index (χ1n) is 5.78. The van der Waals surface area contributed by atoms with Crippen molar-refractivity contribution in [1.82, 2.24) is 0 Å². The van der Waals surface area contributed by atoms with E-state index in [9.17, 15) is 22.7 Å². The van der Waals surface area contributed by atoms with E-state index in [1.54, 1.807) is 0 Å². The Hall–Kier alpha value is -1.30. The predicted molar refractivity (Wildman–Crippen MR) is 58.2 cm³/mol. The molecule has 2 atom stereocenters. The molecule has 0 aliphatic heterocycles. The third-order valence-corrected chi connectivity index (χ3v) is 3.17. The van der Waals surface area contributed by atoms with E-state index < -0.39 is 41.1 Å². The van der Waals surface area contributed by atoms with Gasteiger partial charge in [0.2, 0.25) is 0 Å². The van der Waals surface area contributed by atoms with Crippen molar-refractivity contribution in [3.63, 3.8) is 0 Å². The number of benzene rings is 1. The number of nitrogens with one attached hydrogen (secondary N) is 1. The second kappa shape index (κ2) is 5.14. The summed E-state index contributed by atoms with van der Waals surface area (Å²) < 4.78 is 52.8. The van der Waals surface area contributed by atoms with E-state index in [2.05, 4.69) is 5.32 Å². The molecule has 6 heteroatoms. The van der Waals surface area contributed by atoms with Crippen LogP contribution in [0.25, 0.3) is 0 Å². The van der Waals surface area contributed by atoms with Crippen molar-refractivity contribution in [3.05, 3.63) is 29.3 Å². The van der Waals surface area contributed by atoms with Crippen LogP contribution in [0.5, 0.6) is 0 Å². The number of halogens is 4. The fourth-order valence-electron chi connectivity index (χ4n) is 2.16. The molecule has 1 aliphatic rings. The van der Waals surface area contributed by atoms with Gasteiger partial charge in [-0.25, -0.2) is 17.6 Å². The van der Waals surface area contributed by atoms with Crippen LogP contribution in [-0.4, -0.2) is 17.3 Å². The van der Waals surface area contributed by atoms with Gasteiger partial charge in [-0.05, 0) is 12.8 Å². The molecular weight excluding hydrogens is 250 g/mol. The molecule has 1 saturated carbocycles. The fraction of sp³-hybridized carbons (Fsp3) is 0.500. The monoisotopic (exact) mass is 263 g/mol. The number of rotatable bonds is 2. The Balaban J connectivity index is 2.28. The van der Waals surface area contributed by atoms with Gasteiger partial charge in [0.1, 0.15) is 5.69 Å². The summed E-state index contributed by atoms with van der Waals surface area (Å²) >= 11 is 0. The Morgan fingerprint density at radius 3 is 2.11 bits per heavy atom. The van der Waals surface area contributed by atoms with Crippen LogP contribution in [0, 0.1) is 23.3 Å². The van der Waals surface area contributed by atoms with Gasteiger partial charge in [-0.15, -0.1) is 0 Å². The SMILES string of the molecule is O[C@@H]1CCCC[C@H]1Nc1c(F)c(F)cc(F)c1F. The topological polar surface area (TPSA) is 32.3 Å². The molecule has 0 aromatic heterocycles. The maximum Gasteiger partial charge on any atom is 0.185 e. The molecule has 2 rings (SSSR count). The normalized spacial score (nSPS) is 24.1. The van der Waals surface area contributed by atoms with Crippen LogP contribution < -0.4 is 5.32 Å². The molecule has 18 heavy (non-hydrogen) atoms. The first kappa shape index (κ1) is 13.1. The quantitative estimate of drug-likeness (QED) is 0.635. The van der Waals surface area contributed by atoms with Crippen molar-refractivity contribution in [1.29, 1.82) is 0 Å². The van der Waals surface area contributed by atoms with Crippen LogP contribution in [0.2, 0.25) is 0 Å². The molecule has 2 N–H and O–H groups in total. The van der Waals surface area contributed by atoms with Crippen LogP contribution >= 0.6 is 0 Å². The minimum atomic E-state index is -1.47. The van der Waals surface area contributed by atoms with Gasteiger partial charge >= 0.3 is 0 Å². The minimum absolute atomic E-state index is 0.160. The van der Waals surface area contributed by atoms with E-state index >= 15 is 0 Å². The van der Waals surface area contributed by atoms with Gasteiger partial charge in [0.15, 0.2) is 23.3 Å². The molecule has 0 heterocycles. The van der Waals surface area contributed by atoms with Crippen LogP contribution in [0.1, 0.15) is 25.7 Å². The van der Waals surface area contributed by atoms with Gasteiger partial charge in [-0.1, -0.05) is 12.8 Å². The number of anilines is 1. The van der Waals surface area contributed by atoms with Gasteiger partial charge < -0.3 is 10.4 Å². The molecule has 1 aromatic rings. The highest BCUT2D eigenvalue weighted by Crippen LogP contribution is 2.28. The third-order valence-electron chi connectivity index (χ3n) is 3.17. The molecule has 100 valence electrons. The Morgan fingerprint density at radius 1 is 1.00 bits per heavy atom. The van der Waals surface area contributed by atoms with E-state index in [0.29, 0.717) is 12.8 Å². The van der Waals surface area contributed by atoms with E-state index in [0.717, 1.165) is 12.8 Å².